The number of nitrogens with zero attached hydrogens (tertiary/aromatic N) is 1. The zero-order valence-electron chi connectivity index (χ0n) is 14.2. The summed E-state index contributed by atoms with van der Waals surface area (Å²) in [5.41, 5.74) is 0.176. The Hall–Kier alpha value is -2.40. The van der Waals surface area contributed by atoms with Crippen LogP contribution in [0.25, 0.3) is 0 Å². The van der Waals surface area contributed by atoms with Crippen LogP contribution in [0.2, 0.25) is 0 Å². The minimum Gasteiger partial charge on any atom is -0.455 e. The number of aromatic nitrogens is 1. The third kappa shape index (κ3) is 4.32. The molecule has 24 heavy (non-hydrogen) atoms. The molecule has 0 spiro atoms. The van der Waals surface area contributed by atoms with Crippen molar-refractivity contribution in [1.82, 2.24) is 10.3 Å². The number of hydrogen-bond acceptors (Lipinski definition) is 4. The molecule has 5 heteroatoms. The average molecular weight is 328 g/mol. The van der Waals surface area contributed by atoms with Crippen molar-refractivity contribution in [3.8, 4) is 11.5 Å². The predicted octanol–water partition coefficient (Wildman–Crippen LogP) is 3.40. The smallest absolute Gasteiger partial charge is 0.255 e. The number of benzene rings is 1. The number of aliphatic hydroxyl groups is 1. The van der Waals surface area contributed by atoms with Crippen LogP contribution >= 0.6 is 0 Å². The van der Waals surface area contributed by atoms with E-state index in [-0.39, 0.29) is 17.9 Å². The summed E-state index contributed by atoms with van der Waals surface area (Å²) in [5, 5.41) is 12.6. The van der Waals surface area contributed by atoms with Gasteiger partial charge >= 0.3 is 0 Å². The molecule has 1 aromatic carbocycles. The van der Waals surface area contributed by atoms with Gasteiger partial charge in [0.2, 0.25) is 0 Å². The van der Waals surface area contributed by atoms with Gasteiger partial charge in [0, 0.05) is 18.2 Å². The van der Waals surface area contributed by atoms with Crippen molar-refractivity contribution in [1.29, 1.82) is 0 Å². The van der Waals surface area contributed by atoms with Gasteiger partial charge in [0.1, 0.15) is 11.5 Å². The minimum atomic E-state index is -0.283. The Balaban J connectivity index is 2.12. The van der Waals surface area contributed by atoms with Crippen LogP contribution in [0.4, 0.5) is 0 Å². The van der Waals surface area contributed by atoms with E-state index < -0.39 is 0 Å². The molecule has 1 aromatic heterocycles. The molecule has 2 N–H and O–H groups in total. The second-order valence-corrected chi connectivity index (χ2v) is 5.83. The lowest BCUT2D eigenvalue weighted by Gasteiger charge is -2.29. The summed E-state index contributed by atoms with van der Waals surface area (Å²) in [4.78, 5) is 16.6. The highest BCUT2D eigenvalue weighted by molar-refractivity contribution is 5.97. The summed E-state index contributed by atoms with van der Waals surface area (Å²) >= 11 is 0. The fourth-order valence-electron chi connectivity index (χ4n) is 2.42. The molecule has 0 fully saturated rings. The fraction of sp³-hybridized carbons (Fsp3) is 0.368. The molecule has 0 aliphatic carbocycles. The molecule has 0 bridgehead atoms. The van der Waals surface area contributed by atoms with E-state index in [0.29, 0.717) is 23.6 Å². The van der Waals surface area contributed by atoms with Crippen LogP contribution in [0.3, 0.4) is 0 Å². The Morgan fingerprint density at radius 1 is 1.21 bits per heavy atom. The van der Waals surface area contributed by atoms with Gasteiger partial charge in [-0.1, -0.05) is 26.0 Å². The third-order valence-corrected chi connectivity index (χ3v) is 4.45. The van der Waals surface area contributed by atoms with Crippen molar-refractivity contribution in [2.24, 2.45) is 5.41 Å². The van der Waals surface area contributed by atoms with Crippen LogP contribution in [0.5, 0.6) is 11.5 Å². The lowest BCUT2D eigenvalue weighted by atomic mass is 9.83. The van der Waals surface area contributed by atoms with Gasteiger partial charge in [-0.25, -0.2) is 0 Å². The summed E-state index contributed by atoms with van der Waals surface area (Å²) in [6.07, 6.45) is 4.86. The second kappa shape index (κ2) is 8.45. The molecule has 128 valence electrons. The fourth-order valence-corrected chi connectivity index (χ4v) is 2.42. The van der Waals surface area contributed by atoms with Crippen LogP contribution in [-0.2, 0) is 0 Å². The second-order valence-electron chi connectivity index (χ2n) is 5.83. The monoisotopic (exact) mass is 328 g/mol. The highest BCUT2D eigenvalue weighted by atomic mass is 16.5. The van der Waals surface area contributed by atoms with Gasteiger partial charge in [0.15, 0.2) is 0 Å². The van der Waals surface area contributed by atoms with Gasteiger partial charge < -0.3 is 15.2 Å². The van der Waals surface area contributed by atoms with E-state index in [1.54, 1.807) is 42.7 Å². The molecule has 0 aliphatic rings. The van der Waals surface area contributed by atoms with E-state index in [1.807, 2.05) is 19.9 Å². The number of aliphatic hydroxyl groups excluding tert-OH is 1. The third-order valence-electron chi connectivity index (χ3n) is 4.45. The molecule has 0 radical (unpaired) electrons. The standard InChI is InChI=1S/C19H24N2O3/c1-3-19(4-2,14-22)13-21-18(23)16-9-5-6-10-17(16)24-15-8-7-11-20-12-15/h5-12,22H,3-4,13-14H2,1-2H3,(H,21,23). The highest BCUT2D eigenvalue weighted by Crippen LogP contribution is 2.26. The Bertz CT molecular complexity index is 646. The molecule has 5 nitrogen and oxygen atoms in total. The van der Waals surface area contributed by atoms with Gasteiger partial charge in [0.25, 0.3) is 5.91 Å². The zero-order chi connectivity index (χ0) is 17.4. The maximum Gasteiger partial charge on any atom is 0.255 e. The molecule has 1 heterocycles. The number of hydrogen-bond donors (Lipinski definition) is 2. The first-order valence-electron chi connectivity index (χ1n) is 8.20. The van der Waals surface area contributed by atoms with Crippen LogP contribution in [0, 0.1) is 5.41 Å². The number of para-hydroxylation sites is 1. The highest BCUT2D eigenvalue weighted by Gasteiger charge is 2.26. The topological polar surface area (TPSA) is 71.5 Å². The lowest BCUT2D eigenvalue weighted by molar-refractivity contribution is 0.0849. The number of pyridine rings is 1. The van der Waals surface area contributed by atoms with Crippen LogP contribution in [0.1, 0.15) is 37.0 Å². The number of rotatable bonds is 8. The van der Waals surface area contributed by atoms with E-state index >= 15 is 0 Å². The zero-order valence-corrected chi connectivity index (χ0v) is 14.2. The molecule has 0 saturated heterocycles. The largest absolute Gasteiger partial charge is 0.455 e. The van der Waals surface area contributed by atoms with Crippen molar-refractivity contribution < 1.29 is 14.6 Å². The van der Waals surface area contributed by atoms with Gasteiger partial charge in [-0.15, -0.1) is 0 Å². The van der Waals surface area contributed by atoms with E-state index in [4.69, 9.17) is 4.74 Å². The van der Waals surface area contributed by atoms with Crippen LogP contribution in [-0.4, -0.2) is 29.1 Å². The first-order chi connectivity index (χ1) is 11.6. The predicted molar refractivity (Wildman–Crippen MR) is 93.2 cm³/mol. The first kappa shape index (κ1) is 17.9. The molecule has 0 unspecified atom stereocenters. The molecule has 0 aliphatic heterocycles. The molecular weight excluding hydrogens is 304 g/mol. The van der Waals surface area contributed by atoms with Crippen LogP contribution in [0.15, 0.2) is 48.8 Å². The van der Waals surface area contributed by atoms with Crippen molar-refractivity contribution in [2.75, 3.05) is 13.2 Å². The van der Waals surface area contributed by atoms with E-state index in [1.165, 1.54) is 0 Å². The molecule has 0 saturated carbocycles. The first-order valence-corrected chi connectivity index (χ1v) is 8.20. The Morgan fingerprint density at radius 2 is 1.96 bits per heavy atom. The van der Waals surface area contributed by atoms with E-state index in [2.05, 4.69) is 10.3 Å². The number of nitrogens with one attached hydrogen (secondary N) is 1. The Kier molecular flexibility index (Phi) is 6.32. The Labute approximate surface area is 142 Å². The number of amides is 1. The Morgan fingerprint density at radius 3 is 2.58 bits per heavy atom. The van der Waals surface area contributed by atoms with Gasteiger partial charge in [-0.2, -0.15) is 0 Å². The molecule has 1 amide bonds. The van der Waals surface area contributed by atoms with Gasteiger partial charge in [-0.05, 0) is 37.1 Å². The average Bonchev–Trinajstić information content (AvgIpc) is 2.64. The van der Waals surface area contributed by atoms with E-state index in [9.17, 15) is 9.90 Å². The minimum absolute atomic E-state index is 0.0497. The summed E-state index contributed by atoms with van der Waals surface area (Å²) in [7, 11) is 0. The summed E-state index contributed by atoms with van der Waals surface area (Å²) in [6.45, 7) is 4.52. The number of carbonyl (C=O) groups is 1. The maximum atomic E-state index is 12.6. The molecule has 2 aromatic rings. The van der Waals surface area contributed by atoms with Crippen molar-refractivity contribution in [3.63, 3.8) is 0 Å². The van der Waals surface area contributed by atoms with E-state index in [0.717, 1.165) is 12.8 Å². The van der Waals surface area contributed by atoms with Crippen molar-refractivity contribution in [3.05, 3.63) is 54.4 Å². The number of carbonyl (C=O) groups excluding carboxylic acids is 1. The normalized spacial score (nSPS) is 11.1. The summed E-state index contributed by atoms with van der Waals surface area (Å²) in [6, 6.07) is 10.6. The van der Waals surface area contributed by atoms with Crippen molar-refractivity contribution >= 4 is 5.91 Å². The number of ether oxygens (including phenoxy) is 1. The van der Waals surface area contributed by atoms with Crippen LogP contribution < -0.4 is 10.1 Å². The quantitative estimate of drug-likeness (QED) is 0.779. The molecule has 2 rings (SSSR count). The lowest BCUT2D eigenvalue weighted by Crippen LogP contribution is -2.39. The summed E-state index contributed by atoms with van der Waals surface area (Å²) < 4.78 is 5.77. The maximum absolute atomic E-state index is 12.6. The molecular formula is C19H24N2O3. The summed E-state index contributed by atoms with van der Waals surface area (Å²) in [5.74, 6) is 0.837. The van der Waals surface area contributed by atoms with Gasteiger partial charge in [-0.3, -0.25) is 9.78 Å². The van der Waals surface area contributed by atoms with Gasteiger partial charge in [0.05, 0.1) is 18.4 Å². The van der Waals surface area contributed by atoms with Crippen molar-refractivity contribution in [2.45, 2.75) is 26.7 Å². The molecule has 0 atom stereocenters. The SMILES string of the molecule is CCC(CC)(CO)CNC(=O)c1ccccc1Oc1cccnc1.